The summed E-state index contributed by atoms with van der Waals surface area (Å²) in [6.07, 6.45) is -0.974. The summed E-state index contributed by atoms with van der Waals surface area (Å²) in [6, 6.07) is 9.61. The minimum Gasteiger partial charge on any atom is -0.456 e. The summed E-state index contributed by atoms with van der Waals surface area (Å²) in [5, 5.41) is 20.0. The van der Waals surface area contributed by atoms with Crippen LogP contribution in [0.2, 0.25) is 0 Å². The molecule has 9 nitrogen and oxygen atoms in total. The van der Waals surface area contributed by atoms with E-state index in [2.05, 4.69) is 4.74 Å². The van der Waals surface area contributed by atoms with Crippen LogP contribution in [-0.4, -0.2) is 41.1 Å². The standard InChI is InChI=1S/C10H13NO3.C5H9NO4.2CH4/c1-9(7-11(12)13)14-8-10-5-3-2-4-6-10;1-4(3-6(8)9)10-5(2)7;;/h2-6,9H,7-8H2,1H3;4H,3H2,1-2H3;2*1H4/t9-;4-;;/m11../s1. The lowest BCUT2D eigenvalue weighted by Gasteiger charge is -2.08. The molecule has 0 unspecified atom stereocenters. The number of carbonyl (C=O) groups excluding carboxylic acids is 1. The van der Waals surface area contributed by atoms with Gasteiger partial charge in [0.05, 0.1) is 6.61 Å². The molecule has 0 bridgehead atoms. The van der Waals surface area contributed by atoms with Crippen LogP contribution in [0.4, 0.5) is 0 Å². The number of hydrogen-bond donors (Lipinski definition) is 0. The molecule has 0 amide bonds. The normalized spacial score (nSPS) is 11.3. The van der Waals surface area contributed by atoms with Crippen molar-refractivity contribution in [1.29, 1.82) is 0 Å². The number of hydrogen-bond acceptors (Lipinski definition) is 7. The Labute approximate surface area is 154 Å². The van der Waals surface area contributed by atoms with Crippen molar-refractivity contribution in [3.05, 3.63) is 56.1 Å². The van der Waals surface area contributed by atoms with Gasteiger partial charge in [0, 0.05) is 16.8 Å². The van der Waals surface area contributed by atoms with Crippen LogP contribution < -0.4 is 0 Å². The van der Waals surface area contributed by atoms with Crippen molar-refractivity contribution in [1.82, 2.24) is 0 Å². The van der Waals surface area contributed by atoms with Crippen LogP contribution in [0.5, 0.6) is 0 Å². The predicted octanol–water partition coefficient (Wildman–Crippen LogP) is 3.36. The summed E-state index contributed by atoms with van der Waals surface area (Å²) >= 11 is 0. The number of benzene rings is 1. The monoisotopic (exact) mass is 374 g/mol. The Kier molecular flexibility index (Phi) is 17.3. The van der Waals surface area contributed by atoms with E-state index in [9.17, 15) is 25.0 Å². The van der Waals surface area contributed by atoms with Crippen LogP contribution in [0.3, 0.4) is 0 Å². The van der Waals surface area contributed by atoms with Gasteiger partial charge in [-0.25, -0.2) is 0 Å². The van der Waals surface area contributed by atoms with E-state index in [1.54, 1.807) is 6.92 Å². The summed E-state index contributed by atoms with van der Waals surface area (Å²) in [5.41, 5.74) is 1.03. The molecule has 0 spiro atoms. The van der Waals surface area contributed by atoms with Gasteiger partial charge in [0.1, 0.15) is 6.10 Å². The third-order valence-electron chi connectivity index (χ3n) is 2.56. The van der Waals surface area contributed by atoms with E-state index in [0.717, 1.165) is 5.56 Å². The van der Waals surface area contributed by atoms with Crippen molar-refractivity contribution < 1.29 is 24.1 Å². The molecule has 0 fully saturated rings. The van der Waals surface area contributed by atoms with Crippen molar-refractivity contribution in [2.75, 3.05) is 13.1 Å². The maximum atomic E-state index is 10.2. The van der Waals surface area contributed by atoms with Gasteiger partial charge in [0.25, 0.3) is 0 Å². The molecule has 0 saturated heterocycles. The molecule has 0 radical (unpaired) electrons. The van der Waals surface area contributed by atoms with E-state index in [1.807, 2.05) is 30.3 Å². The Bertz CT molecular complexity index is 507. The zero-order valence-corrected chi connectivity index (χ0v) is 13.9. The maximum Gasteiger partial charge on any atom is 0.303 e. The molecule has 0 heterocycles. The third kappa shape index (κ3) is 17.8. The second-order valence-corrected chi connectivity index (χ2v) is 5.06. The van der Waals surface area contributed by atoms with Crippen LogP contribution in [0, 0.1) is 20.2 Å². The smallest absolute Gasteiger partial charge is 0.303 e. The SMILES string of the molecule is C.C.CC(=O)O[C@H](C)C[N+](=O)[O-].C[C@H](C[N+](=O)[O-])OCc1ccccc1. The number of esters is 1. The van der Waals surface area contributed by atoms with Gasteiger partial charge in [-0.1, -0.05) is 45.2 Å². The van der Waals surface area contributed by atoms with E-state index in [0.29, 0.717) is 6.61 Å². The van der Waals surface area contributed by atoms with Crippen LogP contribution in [0.1, 0.15) is 41.2 Å². The first-order chi connectivity index (χ1) is 11.2. The van der Waals surface area contributed by atoms with Crippen LogP contribution in [0.15, 0.2) is 30.3 Å². The minimum atomic E-state index is -0.632. The highest BCUT2D eigenvalue weighted by molar-refractivity contribution is 5.66. The van der Waals surface area contributed by atoms with Crippen molar-refractivity contribution in [3.8, 4) is 0 Å². The number of ether oxygens (including phenoxy) is 2. The number of carbonyl (C=O) groups is 1. The van der Waals surface area contributed by atoms with Gasteiger partial charge in [-0.05, 0) is 19.4 Å². The first kappa shape index (κ1) is 28.3. The maximum absolute atomic E-state index is 10.2. The molecule has 0 aliphatic rings. The van der Waals surface area contributed by atoms with Gasteiger partial charge in [-0.15, -0.1) is 0 Å². The Morgan fingerprint density at radius 2 is 1.46 bits per heavy atom. The number of nitrogens with zero attached hydrogens (tertiary/aromatic N) is 2. The largest absolute Gasteiger partial charge is 0.456 e. The van der Waals surface area contributed by atoms with Crippen LogP contribution in [0.25, 0.3) is 0 Å². The Morgan fingerprint density at radius 3 is 1.88 bits per heavy atom. The fourth-order valence-electron chi connectivity index (χ4n) is 1.61. The zero-order valence-electron chi connectivity index (χ0n) is 13.9. The van der Waals surface area contributed by atoms with Crippen LogP contribution in [-0.2, 0) is 20.9 Å². The highest BCUT2D eigenvalue weighted by Gasteiger charge is 2.11. The lowest BCUT2D eigenvalue weighted by atomic mass is 10.2. The fraction of sp³-hybridized carbons (Fsp3) is 0.588. The first-order valence-electron chi connectivity index (χ1n) is 7.27. The highest BCUT2D eigenvalue weighted by atomic mass is 16.6. The first-order valence-corrected chi connectivity index (χ1v) is 7.27. The average Bonchev–Trinajstić information content (AvgIpc) is 2.44. The number of rotatable bonds is 8. The lowest BCUT2D eigenvalue weighted by Crippen LogP contribution is -2.21. The Hall–Kier alpha value is -2.55. The quantitative estimate of drug-likeness (QED) is 0.388. The minimum absolute atomic E-state index is 0. The van der Waals surface area contributed by atoms with Gasteiger partial charge in [0.15, 0.2) is 6.10 Å². The molecular weight excluding hydrogens is 344 g/mol. The summed E-state index contributed by atoms with van der Waals surface area (Å²) in [7, 11) is 0. The molecule has 0 aliphatic carbocycles. The van der Waals surface area contributed by atoms with E-state index in [1.165, 1.54) is 13.8 Å². The van der Waals surface area contributed by atoms with E-state index in [-0.39, 0.29) is 39.0 Å². The molecule has 150 valence electrons. The molecule has 1 rings (SSSR count). The van der Waals surface area contributed by atoms with Crippen molar-refractivity contribution in [2.24, 2.45) is 0 Å². The van der Waals surface area contributed by atoms with E-state index >= 15 is 0 Å². The Morgan fingerprint density at radius 1 is 1.00 bits per heavy atom. The zero-order chi connectivity index (χ0) is 18.5. The summed E-state index contributed by atoms with van der Waals surface area (Å²) in [5.74, 6) is -0.491. The lowest BCUT2D eigenvalue weighted by molar-refractivity contribution is -0.491. The van der Waals surface area contributed by atoms with E-state index < -0.39 is 17.0 Å². The highest BCUT2D eigenvalue weighted by Crippen LogP contribution is 2.03. The fourth-order valence-corrected chi connectivity index (χ4v) is 1.61. The molecule has 1 aromatic carbocycles. The molecule has 0 saturated carbocycles. The van der Waals surface area contributed by atoms with Crippen molar-refractivity contribution >= 4 is 5.97 Å². The molecular formula is C17H30N2O7. The van der Waals surface area contributed by atoms with Gasteiger partial charge in [0.2, 0.25) is 13.1 Å². The van der Waals surface area contributed by atoms with Gasteiger partial charge >= 0.3 is 5.97 Å². The second-order valence-electron chi connectivity index (χ2n) is 5.06. The van der Waals surface area contributed by atoms with Gasteiger partial charge in [-0.3, -0.25) is 25.0 Å². The molecule has 0 aliphatic heterocycles. The average molecular weight is 374 g/mol. The van der Waals surface area contributed by atoms with Crippen LogP contribution >= 0.6 is 0 Å². The summed E-state index contributed by atoms with van der Waals surface area (Å²) < 4.78 is 9.78. The summed E-state index contributed by atoms with van der Waals surface area (Å²) in [6.45, 7) is 4.34. The van der Waals surface area contributed by atoms with Gasteiger partial charge in [-0.2, -0.15) is 0 Å². The summed E-state index contributed by atoms with van der Waals surface area (Å²) in [4.78, 5) is 29.3. The second kappa shape index (κ2) is 15.9. The predicted molar refractivity (Wildman–Crippen MR) is 99.1 cm³/mol. The molecule has 9 heteroatoms. The third-order valence-corrected chi connectivity index (χ3v) is 2.56. The number of nitro groups is 2. The molecule has 2 atom stereocenters. The molecule has 0 aromatic heterocycles. The van der Waals surface area contributed by atoms with Crippen molar-refractivity contribution in [3.63, 3.8) is 0 Å². The Balaban J connectivity index is -0.000000398. The molecule has 1 aromatic rings. The van der Waals surface area contributed by atoms with Crippen molar-refractivity contribution in [2.45, 2.75) is 54.4 Å². The molecule has 26 heavy (non-hydrogen) atoms. The van der Waals surface area contributed by atoms with E-state index in [4.69, 9.17) is 4.74 Å². The molecule has 0 N–H and O–H groups in total. The topological polar surface area (TPSA) is 122 Å². The van der Waals surface area contributed by atoms with Gasteiger partial charge < -0.3 is 9.47 Å².